The molecule has 0 unspecified atom stereocenters. The van der Waals surface area contributed by atoms with E-state index in [1.54, 1.807) is 0 Å². The zero-order chi connectivity index (χ0) is 11.5. The minimum Gasteiger partial charge on any atom is -0.342 e. The Morgan fingerprint density at radius 2 is 2.19 bits per heavy atom. The molecule has 0 fully saturated rings. The van der Waals surface area contributed by atoms with Crippen LogP contribution in [0.25, 0.3) is 11.0 Å². The fraction of sp³-hybridized carbons (Fsp3) is 0.417. The molecule has 0 bridgehead atoms. The highest BCUT2D eigenvalue weighted by molar-refractivity contribution is 9.10. The standard InChI is InChI=1S/C12H16BrN3/c1-8-6-9(13)7-10-12(8)16-11(15-10)4-2-3-5-14/h6-7H,2-5,14H2,1H3,(H,15,16). The number of halogens is 1. The Kier molecular flexibility index (Phi) is 3.61. The van der Waals surface area contributed by atoms with Crippen LogP contribution in [0.5, 0.6) is 0 Å². The van der Waals surface area contributed by atoms with Gasteiger partial charge < -0.3 is 10.7 Å². The van der Waals surface area contributed by atoms with E-state index in [4.69, 9.17) is 5.73 Å². The molecule has 2 aromatic rings. The number of hydrogen-bond donors (Lipinski definition) is 2. The third-order valence-electron chi connectivity index (χ3n) is 2.66. The van der Waals surface area contributed by atoms with Crippen LogP contribution >= 0.6 is 15.9 Å². The molecule has 0 aliphatic heterocycles. The number of aromatic nitrogens is 2. The number of unbranched alkanes of at least 4 members (excludes halogenated alkanes) is 1. The molecule has 0 aliphatic carbocycles. The van der Waals surface area contributed by atoms with Gasteiger partial charge in [-0.3, -0.25) is 0 Å². The van der Waals surface area contributed by atoms with Gasteiger partial charge in [0.2, 0.25) is 0 Å². The number of aryl methyl sites for hydroxylation is 2. The second kappa shape index (κ2) is 4.97. The van der Waals surface area contributed by atoms with Crippen molar-refractivity contribution >= 4 is 27.0 Å². The monoisotopic (exact) mass is 281 g/mol. The first-order valence-corrected chi connectivity index (χ1v) is 6.35. The highest BCUT2D eigenvalue weighted by atomic mass is 79.9. The lowest BCUT2D eigenvalue weighted by Crippen LogP contribution is -1.99. The van der Waals surface area contributed by atoms with Crippen LogP contribution in [-0.4, -0.2) is 16.5 Å². The van der Waals surface area contributed by atoms with Gasteiger partial charge in [-0.25, -0.2) is 4.98 Å². The smallest absolute Gasteiger partial charge is 0.107 e. The predicted molar refractivity (Wildman–Crippen MR) is 70.5 cm³/mol. The average Bonchev–Trinajstić information content (AvgIpc) is 2.61. The van der Waals surface area contributed by atoms with Crippen molar-refractivity contribution in [2.45, 2.75) is 26.2 Å². The lowest BCUT2D eigenvalue weighted by molar-refractivity contribution is 0.724. The van der Waals surface area contributed by atoms with Crippen LogP contribution in [-0.2, 0) is 6.42 Å². The van der Waals surface area contributed by atoms with E-state index in [2.05, 4.69) is 45.0 Å². The van der Waals surface area contributed by atoms with Crippen molar-refractivity contribution in [1.29, 1.82) is 0 Å². The Morgan fingerprint density at radius 1 is 1.38 bits per heavy atom. The normalized spacial score (nSPS) is 11.2. The number of nitrogens with two attached hydrogens (primary N) is 1. The van der Waals surface area contributed by atoms with E-state index in [0.29, 0.717) is 0 Å². The lowest BCUT2D eigenvalue weighted by atomic mass is 10.2. The molecule has 2 rings (SSSR count). The fourth-order valence-electron chi connectivity index (χ4n) is 1.85. The number of imidazole rings is 1. The molecule has 0 aliphatic rings. The van der Waals surface area contributed by atoms with Crippen molar-refractivity contribution in [3.8, 4) is 0 Å². The van der Waals surface area contributed by atoms with Crippen LogP contribution < -0.4 is 5.73 Å². The van der Waals surface area contributed by atoms with Crippen molar-refractivity contribution in [3.05, 3.63) is 28.0 Å². The quantitative estimate of drug-likeness (QED) is 0.847. The van der Waals surface area contributed by atoms with Crippen molar-refractivity contribution < 1.29 is 0 Å². The molecule has 0 saturated heterocycles. The van der Waals surface area contributed by atoms with Gasteiger partial charge in [0, 0.05) is 10.9 Å². The molecule has 1 heterocycles. The lowest BCUT2D eigenvalue weighted by Gasteiger charge is -1.94. The van der Waals surface area contributed by atoms with E-state index in [-0.39, 0.29) is 0 Å². The highest BCUT2D eigenvalue weighted by Gasteiger charge is 2.05. The molecule has 4 heteroatoms. The summed E-state index contributed by atoms with van der Waals surface area (Å²) >= 11 is 3.49. The summed E-state index contributed by atoms with van der Waals surface area (Å²) in [6.07, 6.45) is 3.12. The summed E-state index contributed by atoms with van der Waals surface area (Å²) in [6, 6.07) is 4.16. The van der Waals surface area contributed by atoms with E-state index in [1.807, 2.05) is 0 Å². The van der Waals surface area contributed by atoms with Crippen LogP contribution in [0.15, 0.2) is 16.6 Å². The Balaban J connectivity index is 2.26. The minimum absolute atomic E-state index is 0.755. The number of nitrogens with zero attached hydrogens (tertiary/aromatic N) is 1. The SMILES string of the molecule is Cc1cc(Br)cc2[nH]c(CCCCN)nc12. The number of hydrogen-bond acceptors (Lipinski definition) is 2. The summed E-state index contributed by atoms with van der Waals surface area (Å²) in [6.45, 7) is 2.84. The van der Waals surface area contributed by atoms with Gasteiger partial charge in [0.05, 0.1) is 11.0 Å². The van der Waals surface area contributed by atoms with Gasteiger partial charge >= 0.3 is 0 Å². The van der Waals surface area contributed by atoms with Gasteiger partial charge in [-0.2, -0.15) is 0 Å². The first-order valence-electron chi connectivity index (χ1n) is 5.55. The molecule has 3 nitrogen and oxygen atoms in total. The molecular weight excluding hydrogens is 266 g/mol. The first kappa shape index (κ1) is 11.6. The zero-order valence-corrected chi connectivity index (χ0v) is 11.0. The fourth-order valence-corrected chi connectivity index (χ4v) is 2.43. The maximum Gasteiger partial charge on any atom is 0.107 e. The molecule has 0 radical (unpaired) electrons. The molecule has 0 saturated carbocycles. The second-order valence-electron chi connectivity index (χ2n) is 4.05. The maximum atomic E-state index is 5.47. The van der Waals surface area contributed by atoms with E-state index >= 15 is 0 Å². The van der Waals surface area contributed by atoms with Crippen LogP contribution in [0.4, 0.5) is 0 Å². The van der Waals surface area contributed by atoms with Crippen LogP contribution in [0.2, 0.25) is 0 Å². The molecule has 0 amide bonds. The van der Waals surface area contributed by atoms with Gasteiger partial charge in [-0.1, -0.05) is 15.9 Å². The highest BCUT2D eigenvalue weighted by Crippen LogP contribution is 2.22. The second-order valence-corrected chi connectivity index (χ2v) is 4.96. The van der Waals surface area contributed by atoms with Crippen LogP contribution in [0, 0.1) is 6.92 Å². The summed E-state index contributed by atoms with van der Waals surface area (Å²) in [7, 11) is 0. The number of benzene rings is 1. The van der Waals surface area contributed by atoms with E-state index < -0.39 is 0 Å². The molecule has 86 valence electrons. The number of H-pyrrole nitrogens is 1. The van der Waals surface area contributed by atoms with Crippen LogP contribution in [0.3, 0.4) is 0 Å². The predicted octanol–water partition coefficient (Wildman–Crippen LogP) is 2.92. The van der Waals surface area contributed by atoms with E-state index in [1.165, 1.54) is 5.56 Å². The van der Waals surface area contributed by atoms with Gasteiger partial charge in [-0.15, -0.1) is 0 Å². The number of rotatable bonds is 4. The van der Waals surface area contributed by atoms with Gasteiger partial charge in [-0.05, 0) is 44.0 Å². The summed E-state index contributed by atoms with van der Waals surface area (Å²) in [5, 5.41) is 0. The first-order chi connectivity index (χ1) is 7.70. The molecule has 0 spiro atoms. The summed E-state index contributed by atoms with van der Waals surface area (Å²) in [5.74, 6) is 1.06. The van der Waals surface area contributed by atoms with Gasteiger partial charge in [0.15, 0.2) is 0 Å². The summed E-state index contributed by atoms with van der Waals surface area (Å²) in [5.41, 5.74) is 8.86. The largest absolute Gasteiger partial charge is 0.342 e. The Bertz CT molecular complexity index is 490. The van der Waals surface area contributed by atoms with Crippen molar-refractivity contribution in [2.24, 2.45) is 5.73 Å². The molecule has 3 N–H and O–H groups in total. The molecule has 0 atom stereocenters. The Morgan fingerprint density at radius 3 is 2.94 bits per heavy atom. The Labute approximate surface area is 104 Å². The third kappa shape index (κ3) is 2.44. The molecule has 1 aromatic carbocycles. The van der Waals surface area contributed by atoms with Crippen molar-refractivity contribution in [1.82, 2.24) is 9.97 Å². The van der Waals surface area contributed by atoms with E-state index in [0.717, 1.165) is 47.1 Å². The topological polar surface area (TPSA) is 54.7 Å². The Hall–Kier alpha value is -0.870. The number of nitrogens with one attached hydrogen (secondary N) is 1. The molecular formula is C12H16BrN3. The minimum atomic E-state index is 0.755. The number of aromatic amines is 1. The van der Waals surface area contributed by atoms with Crippen LogP contribution in [0.1, 0.15) is 24.2 Å². The number of fused-ring (bicyclic) bond motifs is 1. The zero-order valence-electron chi connectivity index (χ0n) is 9.39. The average molecular weight is 282 g/mol. The molecule has 1 aromatic heterocycles. The van der Waals surface area contributed by atoms with Gasteiger partial charge in [0.25, 0.3) is 0 Å². The van der Waals surface area contributed by atoms with Crippen molar-refractivity contribution in [3.63, 3.8) is 0 Å². The summed E-state index contributed by atoms with van der Waals surface area (Å²) < 4.78 is 1.09. The van der Waals surface area contributed by atoms with Gasteiger partial charge in [0.1, 0.15) is 5.82 Å². The van der Waals surface area contributed by atoms with Crippen molar-refractivity contribution in [2.75, 3.05) is 6.54 Å². The third-order valence-corrected chi connectivity index (χ3v) is 3.12. The summed E-state index contributed by atoms with van der Waals surface area (Å²) in [4.78, 5) is 7.96. The van der Waals surface area contributed by atoms with E-state index in [9.17, 15) is 0 Å². The maximum absolute atomic E-state index is 5.47. The molecule has 16 heavy (non-hydrogen) atoms.